The molecule has 0 atom stereocenters. The minimum absolute atomic E-state index is 0.0783. The smallest absolute Gasteiger partial charge is 0.179 e. The van der Waals surface area contributed by atoms with Crippen molar-refractivity contribution in [3.8, 4) is 0 Å². The van der Waals surface area contributed by atoms with Crippen LogP contribution < -0.4 is 5.73 Å². The molecule has 1 aromatic rings. The van der Waals surface area contributed by atoms with Gasteiger partial charge in [-0.05, 0) is 24.6 Å². The Morgan fingerprint density at radius 3 is 2.57 bits per heavy atom. The van der Waals surface area contributed by atoms with E-state index in [9.17, 15) is 8.42 Å². The van der Waals surface area contributed by atoms with Gasteiger partial charge in [-0.3, -0.25) is 5.41 Å². The van der Waals surface area contributed by atoms with Crippen LogP contribution in [0.15, 0.2) is 29.2 Å². The normalized spacial score (nSPS) is 12.0. The minimum Gasteiger partial charge on any atom is -0.384 e. The molecule has 0 aromatic heterocycles. The van der Waals surface area contributed by atoms with E-state index in [1.54, 1.807) is 18.2 Å². The van der Waals surface area contributed by atoms with Crippen molar-refractivity contribution in [2.75, 3.05) is 25.4 Å². The summed E-state index contributed by atoms with van der Waals surface area (Å²) in [5, 5.41) is 7.39. The molecule has 118 valence electrons. The first-order chi connectivity index (χ1) is 9.76. The van der Waals surface area contributed by atoms with Crippen LogP contribution in [0.4, 0.5) is 0 Å². The fraction of sp³-hybridized carbons (Fsp3) is 0.533. The number of benzene rings is 1. The lowest BCUT2D eigenvalue weighted by Crippen LogP contribution is -2.32. The third-order valence-electron chi connectivity index (χ3n) is 3.25. The summed E-state index contributed by atoms with van der Waals surface area (Å²) < 4.78 is 24.8. The van der Waals surface area contributed by atoms with Gasteiger partial charge in [0.15, 0.2) is 9.84 Å². The van der Waals surface area contributed by atoms with Gasteiger partial charge in [-0.1, -0.05) is 32.9 Å². The summed E-state index contributed by atoms with van der Waals surface area (Å²) >= 11 is 0. The third kappa shape index (κ3) is 5.47. The number of hydrogen-bond donors (Lipinski definition) is 2. The maximum atomic E-state index is 12.4. The molecule has 0 aliphatic rings. The Hall–Kier alpha value is -1.40. The van der Waals surface area contributed by atoms with Crippen molar-refractivity contribution in [2.24, 2.45) is 11.7 Å². The second kappa shape index (κ2) is 7.56. The van der Waals surface area contributed by atoms with E-state index < -0.39 is 9.84 Å². The molecular formula is C15H25N3O2S. The Morgan fingerprint density at radius 2 is 2.05 bits per heavy atom. The number of nitrogen functional groups attached to an aromatic ring is 1. The monoisotopic (exact) mass is 311 g/mol. The molecule has 0 fully saturated rings. The van der Waals surface area contributed by atoms with Gasteiger partial charge in [0.25, 0.3) is 0 Å². The molecule has 1 rings (SSSR count). The predicted octanol–water partition coefficient (Wildman–Crippen LogP) is 1.72. The van der Waals surface area contributed by atoms with E-state index in [1.165, 1.54) is 6.07 Å². The molecule has 0 radical (unpaired) electrons. The first-order valence-corrected chi connectivity index (χ1v) is 8.81. The Balaban J connectivity index is 2.82. The third-order valence-corrected chi connectivity index (χ3v) is 4.94. The van der Waals surface area contributed by atoms with Crippen LogP contribution in [0.1, 0.15) is 26.3 Å². The van der Waals surface area contributed by atoms with Gasteiger partial charge in [0, 0.05) is 18.7 Å². The van der Waals surface area contributed by atoms with Crippen molar-refractivity contribution in [1.29, 1.82) is 5.41 Å². The van der Waals surface area contributed by atoms with Gasteiger partial charge in [-0.15, -0.1) is 0 Å². The lowest BCUT2D eigenvalue weighted by Gasteiger charge is -2.22. The molecule has 21 heavy (non-hydrogen) atoms. The number of nitrogens with zero attached hydrogens (tertiary/aromatic N) is 1. The molecule has 0 heterocycles. The van der Waals surface area contributed by atoms with Crippen molar-refractivity contribution < 1.29 is 8.42 Å². The number of amidine groups is 1. The maximum Gasteiger partial charge on any atom is 0.179 e. The quantitative estimate of drug-likeness (QED) is 0.565. The lowest BCUT2D eigenvalue weighted by atomic mass is 10.2. The molecule has 0 spiro atoms. The van der Waals surface area contributed by atoms with Gasteiger partial charge in [0.05, 0.1) is 10.6 Å². The van der Waals surface area contributed by atoms with Crippen molar-refractivity contribution in [3.63, 3.8) is 0 Å². The second-order valence-electron chi connectivity index (χ2n) is 5.55. The van der Waals surface area contributed by atoms with Crippen LogP contribution in [-0.4, -0.2) is 44.5 Å². The largest absolute Gasteiger partial charge is 0.384 e. The van der Waals surface area contributed by atoms with Crippen LogP contribution in [0, 0.1) is 11.3 Å². The van der Waals surface area contributed by atoms with E-state index in [2.05, 4.69) is 18.7 Å². The summed E-state index contributed by atoms with van der Waals surface area (Å²) in [5.74, 6) is 0.463. The predicted molar refractivity (Wildman–Crippen MR) is 86.5 cm³/mol. The molecule has 0 unspecified atom stereocenters. The van der Waals surface area contributed by atoms with Crippen LogP contribution >= 0.6 is 0 Å². The molecule has 0 saturated heterocycles. The fourth-order valence-corrected chi connectivity index (χ4v) is 3.45. The Morgan fingerprint density at radius 1 is 1.38 bits per heavy atom. The van der Waals surface area contributed by atoms with E-state index in [0.29, 0.717) is 18.0 Å². The van der Waals surface area contributed by atoms with Crippen LogP contribution in [-0.2, 0) is 9.84 Å². The van der Waals surface area contributed by atoms with E-state index in [4.69, 9.17) is 11.1 Å². The first kappa shape index (κ1) is 17.7. The van der Waals surface area contributed by atoms with E-state index >= 15 is 0 Å². The topological polar surface area (TPSA) is 87.2 Å². The van der Waals surface area contributed by atoms with Gasteiger partial charge >= 0.3 is 0 Å². The van der Waals surface area contributed by atoms with Crippen LogP contribution in [0.5, 0.6) is 0 Å². The molecule has 0 bridgehead atoms. The van der Waals surface area contributed by atoms with Crippen LogP contribution in [0.25, 0.3) is 0 Å². The molecule has 0 aliphatic heterocycles. The van der Waals surface area contributed by atoms with E-state index in [1.807, 2.05) is 6.92 Å². The van der Waals surface area contributed by atoms with Crippen molar-refractivity contribution >= 4 is 15.7 Å². The van der Waals surface area contributed by atoms with Gasteiger partial charge in [0.2, 0.25) is 0 Å². The summed E-state index contributed by atoms with van der Waals surface area (Å²) in [6.45, 7) is 8.51. The molecule has 6 heteroatoms. The average Bonchev–Trinajstić information content (AvgIpc) is 2.43. The fourth-order valence-electron chi connectivity index (χ4n) is 2.12. The highest BCUT2D eigenvalue weighted by Crippen LogP contribution is 2.14. The highest BCUT2D eigenvalue weighted by Gasteiger charge is 2.17. The number of hydrogen-bond acceptors (Lipinski definition) is 4. The van der Waals surface area contributed by atoms with Crippen molar-refractivity contribution in [1.82, 2.24) is 4.90 Å². The summed E-state index contributed by atoms with van der Waals surface area (Å²) in [7, 11) is -3.35. The zero-order valence-electron chi connectivity index (χ0n) is 13.0. The molecule has 3 N–H and O–H groups in total. The highest BCUT2D eigenvalue weighted by molar-refractivity contribution is 7.91. The first-order valence-electron chi connectivity index (χ1n) is 7.15. The number of nitrogens with two attached hydrogens (primary N) is 1. The number of sulfone groups is 1. The number of nitrogens with one attached hydrogen (secondary N) is 1. The van der Waals surface area contributed by atoms with Gasteiger partial charge in [-0.25, -0.2) is 8.42 Å². The summed E-state index contributed by atoms with van der Waals surface area (Å²) in [5.41, 5.74) is 5.84. The zero-order chi connectivity index (χ0) is 16.0. The van der Waals surface area contributed by atoms with Gasteiger partial charge < -0.3 is 10.6 Å². The summed E-state index contributed by atoms with van der Waals surface area (Å²) in [4.78, 5) is 2.37. The maximum absolute atomic E-state index is 12.4. The van der Waals surface area contributed by atoms with Gasteiger partial charge in [-0.2, -0.15) is 0 Å². The lowest BCUT2D eigenvalue weighted by molar-refractivity contribution is 0.270. The van der Waals surface area contributed by atoms with Gasteiger partial charge in [0.1, 0.15) is 5.84 Å². The molecular weight excluding hydrogens is 286 g/mol. The van der Waals surface area contributed by atoms with E-state index in [-0.39, 0.29) is 16.5 Å². The average molecular weight is 311 g/mol. The van der Waals surface area contributed by atoms with Crippen LogP contribution in [0.3, 0.4) is 0 Å². The minimum atomic E-state index is -3.35. The highest BCUT2D eigenvalue weighted by atomic mass is 32.2. The summed E-state index contributed by atoms with van der Waals surface area (Å²) in [6, 6.07) is 6.28. The van der Waals surface area contributed by atoms with E-state index in [0.717, 1.165) is 13.1 Å². The Kier molecular flexibility index (Phi) is 6.36. The molecule has 0 aliphatic carbocycles. The Labute approximate surface area is 127 Å². The molecule has 0 amide bonds. The number of rotatable bonds is 8. The molecule has 0 saturated carbocycles. The summed E-state index contributed by atoms with van der Waals surface area (Å²) in [6.07, 6.45) is 0. The molecule has 5 nitrogen and oxygen atoms in total. The Bertz CT molecular complexity index is 582. The zero-order valence-corrected chi connectivity index (χ0v) is 13.8. The molecule has 1 aromatic carbocycles. The second-order valence-corrected chi connectivity index (χ2v) is 7.66. The van der Waals surface area contributed by atoms with Crippen molar-refractivity contribution in [2.45, 2.75) is 25.7 Å². The standard InChI is InChI=1S/C15H25N3O2S/c1-4-18(11-12(2)3)8-9-21(19,20)14-7-5-6-13(10-14)15(16)17/h5-7,10,12H,4,8-9,11H2,1-3H3,(H3,16,17). The van der Waals surface area contributed by atoms with Crippen LogP contribution in [0.2, 0.25) is 0 Å². The SMILES string of the molecule is CCN(CCS(=O)(=O)c1cccc(C(=N)N)c1)CC(C)C. The van der Waals surface area contributed by atoms with Crippen molar-refractivity contribution in [3.05, 3.63) is 29.8 Å².